The summed E-state index contributed by atoms with van der Waals surface area (Å²) in [5.41, 5.74) is -0.204. The van der Waals surface area contributed by atoms with Crippen LogP contribution in [0.2, 0.25) is 10.0 Å². The number of ether oxygens (including phenoxy) is 1. The van der Waals surface area contributed by atoms with E-state index in [1.165, 1.54) is 6.07 Å². The van der Waals surface area contributed by atoms with E-state index < -0.39 is 17.5 Å². The molecule has 154 valence electrons. The molecule has 4 rings (SSSR count). The van der Waals surface area contributed by atoms with Crippen LogP contribution in [0.5, 0.6) is 5.75 Å². The summed E-state index contributed by atoms with van der Waals surface area (Å²) in [5, 5.41) is 24.8. The molecule has 2 atom stereocenters. The largest absolute Gasteiger partial charge is 0.490 e. The lowest BCUT2D eigenvalue weighted by molar-refractivity contribution is -0.109. The molecule has 2 heterocycles. The van der Waals surface area contributed by atoms with Crippen LogP contribution in [0.3, 0.4) is 0 Å². The molecule has 0 aliphatic carbocycles. The fourth-order valence-corrected chi connectivity index (χ4v) is 4.13. The molecule has 2 aromatic carbocycles. The van der Waals surface area contributed by atoms with Gasteiger partial charge in [-0.1, -0.05) is 23.2 Å². The van der Waals surface area contributed by atoms with E-state index in [4.69, 9.17) is 27.9 Å². The van der Waals surface area contributed by atoms with Gasteiger partial charge in [-0.2, -0.15) is 0 Å². The summed E-state index contributed by atoms with van der Waals surface area (Å²) in [4.78, 5) is 13.6. The lowest BCUT2D eigenvalue weighted by atomic mass is 9.89. The number of fused-ring (bicyclic) bond motifs is 1. The lowest BCUT2D eigenvalue weighted by Crippen LogP contribution is -2.58. The Balaban J connectivity index is 1.46. The predicted octanol–water partition coefficient (Wildman–Crippen LogP) is 2.76. The Kier molecular flexibility index (Phi) is 5.33. The van der Waals surface area contributed by atoms with Crippen LogP contribution in [-0.2, 0) is 6.54 Å². The molecule has 9 heteroatoms. The summed E-state index contributed by atoms with van der Waals surface area (Å²) < 4.78 is 20.0. The third-order valence-electron chi connectivity index (χ3n) is 5.43. The van der Waals surface area contributed by atoms with E-state index in [2.05, 4.69) is 5.32 Å². The van der Waals surface area contributed by atoms with Gasteiger partial charge < -0.3 is 25.2 Å². The van der Waals surface area contributed by atoms with Crippen molar-refractivity contribution in [3.63, 3.8) is 0 Å². The number of hydrogen-bond donors (Lipinski definition) is 3. The molecule has 1 fully saturated rings. The van der Waals surface area contributed by atoms with Crippen molar-refractivity contribution in [1.82, 2.24) is 5.32 Å². The van der Waals surface area contributed by atoms with Crippen LogP contribution in [-0.4, -0.2) is 47.5 Å². The SMILES string of the molecule is O=C1NCc2c(OC[C@]3(O)CCN(c4ccc(Cl)cc4F)C[C@H]3O)ccc(Cl)c21. The number of carbonyl (C=O) groups excluding carboxylic acids is 1. The number of nitrogens with zero attached hydrogens (tertiary/aromatic N) is 1. The molecular formula is C20H19Cl2FN2O4. The molecule has 2 aliphatic heterocycles. The first-order valence-corrected chi connectivity index (χ1v) is 9.87. The lowest BCUT2D eigenvalue weighted by Gasteiger charge is -2.42. The number of halogens is 3. The second-order valence-electron chi connectivity index (χ2n) is 7.28. The van der Waals surface area contributed by atoms with Crippen LogP contribution in [0, 0.1) is 5.82 Å². The number of aliphatic hydroxyl groups is 2. The molecule has 1 amide bonds. The van der Waals surface area contributed by atoms with Gasteiger partial charge in [0.25, 0.3) is 5.91 Å². The van der Waals surface area contributed by atoms with Crippen molar-refractivity contribution in [3.8, 4) is 5.75 Å². The summed E-state index contributed by atoms with van der Waals surface area (Å²) >= 11 is 11.9. The number of piperidine rings is 1. The highest BCUT2D eigenvalue weighted by Crippen LogP contribution is 2.34. The first-order valence-electron chi connectivity index (χ1n) is 9.11. The van der Waals surface area contributed by atoms with E-state index >= 15 is 0 Å². The van der Waals surface area contributed by atoms with Crippen LogP contribution < -0.4 is 15.0 Å². The topological polar surface area (TPSA) is 82.0 Å². The Morgan fingerprint density at radius 1 is 1.31 bits per heavy atom. The zero-order valence-electron chi connectivity index (χ0n) is 15.3. The number of hydrogen-bond acceptors (Lipinski definition) is 5. The van der Waals surface area contributed by atoms with Crippen LogP contribution in [0.25, 0.3) is 0 Å². The van der Waals surface area contributed by atoms with Crippen molar-refractivity contribution in [2.24, 2.45) is 0 Å². The fourth-order valence-electron chi connectivity index (χ4n) is 3.71. The minimum atomic E-state index is -1.51. The fraction of sp³-hybridized carbons (Fsp3) is 0.350. The third kappa shape index (κ3) is 3.75. The molecule has 0 saturated carbocycles. The van der Waals surface area contributed by atoms with Gasteiger partial charge in [-0.3, -0.25) is 4.79 Å². The van der Waals surface area contributed by atoms with E-state index in [0.29, 0.717) is 34.1 Å². The average Bonchev–Trinajstić information content (AvgIpc) is 3.07. The van der Waals surface area contributed by atoms with Crippen molar-refractivity contribution < 1.29 is 24.1 Å². The van der Waals surface area contributed by atoms with E-state index in [-0.39, 0.29) is 37.0 Å². The monoisotopic (exact) mass is 440 g/mol. The van der Waals surface area contributed by atoms with Crippen LogP contribution in [0.4, 0.5) is 10.1 Å². The van der Waals surface area contributed by atoms with Crippen LogP contribution in [0.1, 0.15) is 22.3 Å². The Morgan fingerprint density at radius 2 is 2.10 bits per heavy atom. The van der Waals surface area contributed by atoms with Gasteiger partial charge in [0.1, 0.15) is 29.9 Å². The highest BCUT2D eigenvalue weighted by Gasteiger charge is 2.42. The van der Waals surface area contributed by atoms with E-state index in [1.54, 1.807) is 29.2 Å². The van der Waals surface area contributed by atoms with Crippen LogP contribution in [0.15, 0.2) is 30.3 Å². The molecule has 0 spiro atoms. The quantitative estimate of drug-likeness (QED) is 0.680. The molecule has 3 N–H and O–H groups in total. The third-order valence-corrected chi connectivity index (χ3v) is 5.98. The number of anilines is 1. The molecule has 6 nitrogen and oxygen atoms in total. The van der Waals surface area contributed by atoms with Gasteiger partial charge in [-0.25, -0.2) is 4.39 Å². The van der Waals surface area contributed by atoms with Crippen molar-refractivity contribution in [2.45, 2.75) is 24.7 Å². The summed E-state index contributed by atoms with van der Waals surface area (Å²) in [7, 11) is 0. The molecule has 1 saturated heterocycles. The van der Waals surface area contributed by atoms with E-state index in [0.717, 1.165) is 0 Å². The second-order valence-corrected chi connectivity index (χ2v) is 8.13. The summed E-state index contributed by atoms with van der Waals surface area (Å²) in [6, 6.07) is 7.53. The van der Waals surface area contributed by atoms with Crippen molar-refractivity contribution in [3.05, 3.63) is 57.3 Å². The standard InChI is InChI=1S/C20H19Cl2FN2O4/c21-11-1-3-15(14(23)7-11)25-6-5-20(28,17(26)9-25)10-29-16-4-2-13(22)18-12(16)8-24-19(18)27/h1-4,7,17,26,28H,5-6,8-10H2,(H,24,27)/t17-,20-/m1/s1. The normalized spacial score (nSPS) is 23.7. The summed E-state index contributed by atoms with van der Waals surface area (Å²) in [5.74, 6) is -0.331. The van der Waals surface area contributed by atoms with Gasteiger partial charge >= 0.3 is 0 Å². The average molecular weight is 441 g/mol. The number of rotatable bonds is 4. The molecule has 2 aliphatic rings. The maximum atomic E-state index is 14.2. The zero-order chi connectivity index (χ0) is 20.8. The van der Waals surface area contributed by atoms with Crippen molar-refractivity contribution in [1.29, 1.82) is 0 Å². The zero-order valence-corrected chi connectivity index (χ0v) is 16.8. The number of amides is 1. The highest BCUT2D eigenvalue weighted by molar-refractivity contribution is 6.34. The summed E-state index contributed by atoms with van der Waals surface area (Å²) in [6.45, 7) is 0.480. The molecule has 2 aromatic rings. The number of β-amino-alcohol motifs (C(OH)–C–C–N with tert-alkyl or cyclic N) is 1. The molecule has 0 radical (unpaired) electrons. The Morgan fingerprint density at radius 3 is 2.83 bits per heavy atom. The van der Waals surface area contributed by atoms with Gasteiger partial charge in [0.05, 0.1) is 16.3 Å². The number of aliphatic hydroxyl groups excluding tert-OH is 1. The maximum absolute atomic E-state index is 14.2. The highest BCUT2D eigenvalue weighted by atomic mass is 35.5. The van der Waals surface area contributed by atoms with Gasteiger partial charge in [0.15, 0.2) is 0 Å². The predicted molar refractivity (Wildman–Crippen MR) is 107 cm³/mol. The number of nitrogens with one attached hydrogen (secondary N) is 1. The second kappa shape index (κ2) is 7.65. The number of carbonyl (C=O) groups is 1. The van der Waals surface area contributed by atoms with E-state index in [1.807, 2.05) is 0 Å². The van der Waals surface area contributed by atoms with Crippen LogP contribution >= 0.6 is 23.2 Å². The molecular weight excluding hydrogens is 422 g/mol. The van der Waals surface area contributed by atoms with Crippen molar-refractivity contribution in [2.75, 3.05) is 24.6 Å². The molecule has 0 unspecified atom stereocenters. The van der Waals surface area contributed by atoms with Crippen molar-refractivity contribution >= 4 is 34.8 Å². The smallest absolute Gasteiger partial charge is 0.253 e. The Labute approximate surface area is 176 Å². The minimum absolute atomic E-state index is 0.0389. The molecule has 0 bridgehead atoms. The van der Waals surface area contributed by atoms with E-state index in [9.17, 15) is 19.4 Å². The molecule has 0 aromatic heterocycles. The van der Waals surface area contributed by atoms with Gasteiger partial charge in [0, 0.05) is 30.2 Å². The maximum Gasteiger partial charge on any atom is 0.253 e. The van der Waals surface area contributed by atoms with Gasteiger partial charge in [-0.15, -0.1) is 0 Å². The molecule has 29 heavy (non-hydrogen) atoms. The Bertz CT molecular complexity index is 974. The van der Waals surface area contributed by atoms with Gasteiger partial charge in [0.2, 0.25) is 0 Å². The summed E-state index contributed by atoms with van der Waals surface area (Å²) in [6.07, 6.45) is -0.991. The first-order chi connectivity index (χ1) is 13.8. The van der Waals surface area contributed by atoms with Gasteiger partial charge in [-0.05, 0) is 36.8 Å². The first kappa shape index (κ1) is 20.2. The minimum Gasteiger partial charge on any atom is -0.490 e. The number of benzene rings is 2. The Hall–Kier alpha value is -2.06.